The quantitative estimate of drug-likeness (QED) is 0.270. The Hall–Kier alpha value is -3.72. The molecule has 4 N–H and O–H groups in total. The summed E-state index contributed by atoms with van der Waals surface area (Å²) in [6.45, 7) is 4.69. The summed E-state index contributed by atoms with van der Waals surface area (Å²) < 4.78 is 12.8. The molecule has 40 heavy (non-hydrogen) atoms. The van der Waals surface area contributed by atoms with Gasteiger partial charge in [-0.25, -0.2) is 0 Å². The molecule has 0 spiro atoms. The van der Waals surface area contributed by atoms with Crippen LogP contribution < -0.4 is 10.2 Å². The summed E-state index contributed by atoms with van der Waals surface area (Å²) in [6.07, 6.45) is -4.82. The Morgan fingerprint density at radius 2 is 1.77 bits per heavy atom. The first-order chi connectivity index (χ1) is 19.3. The van der Waals surface area contributed by atoms with Gasteiger partial charge in [-0.1, -0.05) is 18.2 Å². The van der Waals surface area contributed by atoms with E-state index in [9.17, 15) is 25.4 Å². The van der Waals surface area contributed by atoms with Crippen molar-refractivity contribution >= 4 is 27.9 Å². The summed E-state index contributed by atoms with van der Waals surface area (Å²) in [5, 5.41) is 44.3. The lowest BCUT2D eigenvalue weighted by molar-refractivity contribution is -0.185. The van der Waals surface area contributed by atoms with Gasteiger partial charge in [0.25, 0.3) is 5.91 Å². The molecule has 2 aliphatic heterocycles. The lowest BCUT2D eigenvalue weighted by Gasteiger charge is -2.35. The number of nitrogens with zero attached hydrogens (tertiary/aromatic N) is 3. The average molecular weight is 547 g/mol. The fraction of sp³-hybridized carbons (Fsp3) is 0.400. The first-order valence-corrected chi connectivity index (χ1v) is 13.4. The third-order valence-electron chi connectivity index (χ3n) is 7.79. The molecule has 4 atom stereocenters. The van der Waals surface area contributed by atoms with Crippen molar-refractivity contribution in [2.45, 2.75) is 31.3 Å². The van der Waals surface area contributed by atoms with E-state index in [1.165, 1.54) is 5.69 Å². The molecule has 0 unspecified atom stereocenters. The lowest BCUT2D eigenvalue weighted by Crippen LogP contribution is -2.56. The number of fused-ring (bicyclic) bond motifs is 1. The minimum atomic E-state index is -1.37. The molecule has 2 fully saturated rings. The second kappa shape index (κ2) is 11.8. The number of aliphatic hydroxyl groups excluding tert-OH is 3. The first kappa shape index (κ1) is 27.8. The van der Waals surface area contributed by atoms with Crippen molar-refractivity contribution < 1.29 is 29.6 Å². The van der Waals surface area contributed by atoms with E-state index < -0.39 is 30.3 Å². The summed E-state index contributed by atoms with van der Waals surface area (Å²) in [5.74, 6) is -0.610. The third-order valence-corrected chi connectivity index (χ3v) is 7.79. The highest BCUT2D eigenvalue weighted by Crippen LogP contribution is 2.31. The van der Waals surface area contributed by atoms with E-state index in [4.69, 9.17) is 9.47 Å². The maximum absolute atomic E-state index is 12.9. The molecule has 0 aliphatic carbocycles. The topological polar surface area (TPSA) is 140 Å². The van der Waals surface area contributed by atoms with Gasteiger partial charge in [0.05, 0.1) is 19.8 Å². The number of nitriles is 1. The lowest BCUT2D eigenvalue weighted by atomic mass is 10.00. The van der Waals surface area contributed by atoms with Crippen molar-refractivity contribution in [3.8, 4) is 17.3 Å². The number of carbonyl (C=O) groups is 1. The zero-order valence-electron chi connectivity index (χ0n) is 22.6. The highest BCUT2D eigenvalue weighted by atomic mass is 16.5. The molecular weight excluding hydrogens is 512 g/mol. The highest BCUT2D eigenvalue weighted by molar-refractivity contribution is 6.04. The van der Waals surface area contributed by atoms with Crippen LogP contribution >= 0.6 is 0 Å². The normalized spacial score (nSPS) is 23.9. The zero-order valence-corrected chi connectivity index (χ0v) is 22.6. The van der Waals surface area contributed by atoms with E-state index in [-0.39, 0.29) is 18.7 Å². The van der Waals surface area contributed by atoms with Crippen LogP contribution in [0.5, 0.6) is 0 Å². The van der Waals surface area contributed by atoms with Crippen LogP contribution in [-0.2, 0) is 21.3 Å². The van der Waals surface area contributed by atoms with E-state index in [1.807, 2.05) is 29.8 Å². The van der Waals surface area contributed by atoms with Gasteiger partial charge in [-0.15, -0.1) is 0 Å². The fourth-order valence-electron chi connectivity index (χ4n) is 5.35. The maximum Gasteiger partial charge on any atom is 0.262 e. The third kappa shape index (κ3) is 5.47. The number of amides is 1. The zero-order chi connectivity index (χ0) is 28.4. The van der Waals surface area contributed by atoms with E-state index in [0.29, 0.717) is 5.57 Å². The summed E-state index contributed by atoms with van der Waals surface area (Å²) in [7, 11) is 1.89. The molecule has 0 saturated carbocycles. The molecule has 2 aliphatic rings. The molecule has 2 aromatic carbocycles. The molecule has 210 valence electrons. The Balaban J connectivity index is 1.34. The monoisotopic (exact) mass is 546 g/mol. The van der Waals surface area contributed by atoms with Crippen molar-refractivity contribution in [2.75, 3.05) is 44.4 Å². The van der Waals surface area contributed by atoms with Crippen LogP contribution in [0.3, 0.4) is 0 Å². The molecule has 1 aromatic heterocycles. The number of morpholine rings is 1. The van der Waals surface area contributed by atoms with Gasteiger partial charge >= 0.3 is 0 Å². The summed E-state index contributed by atoms with van der Waals surface area (Å²) in [6, 6.07) is 18.6. The SMILES string of the molecule is C/C(=C(/C#N)C(=O)NC[C@H]1OC[C@H](O)[C@@H](O)[C@@H]1O)c1ccc(-c2ccc3cc(N4CCOCC4)ccc3c2)n1C. The van der Waals surface area contributed by atoms with Gasteiger partial charge in [0.15, 0.2) is 0 Å². The van der Waals surface area contributed by atoms with Crippen LogP contribution in [0.4, 0.5) is 5.69 Å². The van der Waals surface area contributed by atoms with Gasteiger partial charge in [0.1, 0.15) is 36.1 Å². The molecule has 0 radical (unpaired) electrons. The Labute approximate surface area is 232 Å². The number of allylic oxidation sites excluding steroid dienone is 1. The van der Waals surface area contributed by atoms with Crippen molar-refractivity contribution in [1.82, 2.24) is 9.88 Å². The van der Waals surface area contributed by atoms with Crippen LogP contribution in [0.1, 0.15) is 12.6 Å². The Kier molecular flexibility index (Phi) is 8.21. The van der Waals surface area contributed by atoms with Gasteiger partial charge in [0, 0.05) is 43.8 Å². The molecule has 10 nitrogen and oxygen atoms in total. The van der Waals surface area contributed by atoms with Gasteiger partial charge in [-0.3, -0.25) is 4.79 Å². The molecule has 1 amide bonds. The number of benzene rings is 2. The Morgan fingerprint density at radius 1 is 1.05 bits per heavy atom. The minimum absolute atomic E-state index is 0.0622. The largest absolute Gasteiger partial charge is 0.388 e. The van der Waals surface area contributed by atoms with Gasteiger partial charge in [-0.05, 0) is 59.2 Å². The van der Waals surface area contributed by atoms with Crippen LogP contribution in [-0.4, -0.2) is 89.7 Å². The number of anilines is 1. The number of aromatic nitrogens is 1. The maximum atomic E-state index is 12.9. The molecule has 3 aromatic rings. The predicted octanol–water partition coefficient (Wildman–Crippen LogP) is 1.58. The standard InChI is InChI=1S/C30H34N4O6/c1-18(23(15-31)30(38)32-16-27-29(37)28(36)26(35)17-40-27)24-7-8-25(33(24)2)21-4-3-20-14-22(6-5-19(20)13-21)34-9-11-39-12-10-34/h3-8,13-14,26-29,35-37H,9-12,16-17H2,1-2H3,(H,32,38)/b23-18+/t26-,27+,28+,29+/m0/s1. The second-order valence-corrected chi connectivity index (χ2v) is 10.3. The second-order valence-electron chi connectivity index (χ2n) is 10.3. The Bertz CT molecular complexity index is 1470. The van der Waals surface area contributed by atoms with Crippen LogP contribution in [0, 0.1) is 11.3 Å². The summed E-state index contributed by atoms with van der Waals surface area (Å²) in [5.41, 5.74) is 4.30. The van der Waals surface area contributed by atoms with Crippen molar-refractivity contribution in [1.29, 1.82) is 5.26 Å². The van der Waals surface area contributed by atoms with E-state index in [2.05, 4.69) is 46.6 Å². The fourth-order valence-corrected chi connectivity index (χ4v) is 5.35. The van der Waals surface area contributed by atoms with Crippen molar-refractivity contribution in [3.63, 3.8) is 0 Å². The molecule has 2 saturated heterocycles. The highest BCUT2D eigenvalue weighted by Gasteiger charge is 2.37. The molecule has 5 rings (SSSR count). The van der Waals surface area contributed by atoms with Crippen LogP contribution in [0.25, 0.3) is 27.6 Å². The van der Waals surface area contributed by atoms with Gasteiger partial charge in [-0.2, -0.15) is 5.26 Å². The molecular formula is C30H34N4O6. The minimum Gasteiger partial charge on any atom is -0.388 e. The summed E-state index contributed by atoms with van der Waals surface area (Å²) >= 11 is 0. The van der Waals surface area contributed by atoms with Gasteiger partial charge in [0.2, 0.25) is 0 Å². The summed E-state index contributed by atoms with van der Waals surface area (Å²) in [4.78, 5) is 15.2. The molecule has 10 heteroatoms. The smallest absolute Gasteiger partial charge is 0.262 e. The van der Waals surface area contributed by atoms with Crippen molar-refractivity contribution in [3.05, 3.63) is 59.8 Å². The number of hydrogen-bond acceptors (Lipinski definition) is 8. The number of aliphatic hydroxyl groups is 3. The van der Waals surface area contributed by atoms with Crippen LogP contribution in [0.15, 0.2) is 54.1 Å². The number of rotatable bonds is 6. The number of carbonyl (C=O) groups excluding carboxylic acids is 1. The van der Waals surface area contributed by atoms with E-state index in [0.717, 1.165) is 54.0 Å². The predicted molar refractivity (Wildman–Crippen MR) is 150 cm³/mol. The molecule has 3 heterocycles. The number of nitrogens with one attached hydrogen (secondary N) is 1. The van der Waals surface area contributed by atoms with Gasteiger partial charge < -0.3 is 39.6 Å². The molecule has 0 bridgehead atoms. The first-order valence-electron chi connectivity index (χ1n) is 13.4. The van der Waals surface area contributed by atoms with E-state index >= 15 is 0 Å². The van der Waals surface area contributed by atoms with Crippen molar-refractivity contribution in [2.24, 2.45) is 7.05 Å². The number of hydrogen-bond donors (Lipinski definition) is 4. The van der Waals surface area contributed by atoms with E-state index in [1.54, 1.807) is 6.92 Å². The van der Waals surface area contributed by atoms with Crippen LogP contribution in [0.2, 0.25) is 0 Å². The average Bonchev–Trinajstić information content (AvgIpc) is 3.36. The Morgan fingerprint density at radius 3 is 2.52 bits per heavy atom. The number of ether oxygens (including phenoxy) is 2.